The van der Waals surface area contributed by atoms with E-state index in [1.54, 1.807) is 0 Å². The normalized spacial score (nSPS) is 11.1. The van der Waals surface area contributed by atoms with Gasteiger partial charge in [-0.1, -0.05) is 29.8 Å². The Morgan fingerprint density at radius 1 is 1.05 bits per heavy atom. The molecule has 0 aliphatic carbocycles. The summed E-state index contributed by atoms with van der Waals surface area (Å²) in [6, 6.07) is 10.5. The lowest BCUT2D eigenvalue weighted by Crippen LogP contribution is -1.93. The molecule has 19 heavy (non-hydrogen) atoms. The number of benzene rings is 1. The van der Waals surface area contributed by atoms with Crippen LogP contribution in [-0.2, 0) is 6.42 Å². The Hall–Kier alpha value is -2.29. The van der Waals surface area contributed by atoms with E-state index in [0.717, 1.165) is 29.0 Å². The minimum Gasteiger partial charge on any atom is -0.396 e. The van der Waals surface area contributed by atoms with Crippen molar-refractivity contribution in [2.24, 2.45) is 0 Å². The zero-order valence-corrected chi connectivity index (χ0v) is 11.2. The van der Waals surface area contributed by atoms with Crippen molar-refractivity contribution in [2.75, 3.05) is 5.73 Å². The van der Waals surface area contributed by atoms with Gasteiger partial charge in [0.25, 0.3) is 0 Å². The first kappa shape index (κ1) is 11.8. The molecule has 1 aromatic carbocycles. The molecule has 0 fully saturated rings. The largest absolute Gasteiger partial charge is 0.396 e. The Labute approximate surface area is 112 Å². The molecule has 3 nitrogen and oxygen atoms in total. The molecule has 0 radical (unpaired) electrons. The Kier molecular flexibility index (Phi) is 2.75. The van der Waals surface area contributed by atoms with Crippen molar-refractivity contribution < 1.29 is 0 Å². The second-order valence-electron chi connectivity index (χ2n) is 5.10. The predicted molar refractivity (Wildman–Crippen MR) is 78.3 cm³/mol. The van der Waals surface area contributed by atoms with E-state index >= 15 is 0 Å². The van der Waals surface area contributed by atoms with Crippen molar-refractivity contribution in [1.82, 2.24) is 9.38 Å². The minimum atomic E-state index is 0.732. The first-order valence-corrected chi connectivity index (χ1v) is 6.41. The van der Waals surface area contributed by atoms with Gasteiger partial charge in [0.15, 0.2) is 5.65 Å². The first-order valence-electron chi connectivity index (χ1n) is 6.41. The highest BCUT2D eigenvalue weighted by molar-refractivity contribution is 5.65. The molecule has 0 atom stereocenters. The Morgan fingerprint density at radius 3 is 2.53 bits per heavy atom. The summed E-state index contributed by atoms with van der Waals surface area (Å²) < 4.78 is 2.01. The van der Waals surface area contributed by atoms with Crippen molar-refractivity contribution in [1.29, 1.82) is 0 Å². The molecular formula is C16H17N3. The van der Waals surface area contributed by atoms with E-state index in [2.05, 4.69) is 48.6 Å². The lowest BCUT2D eigenvalue weighted by molar-refractivity contribution is 1.11. The van der Waals surface area contributed by atoms with Crippen LogP contribution in [0.25, 0.3) is 5.65 Å². The summed E-state index contributed by atoms with van der Waals surface area (Å²) in [5, 5.41) is 0. The number of hydrogen-bond donors (Lipinski definition) is 1. The van der Waals surface area contributed by atoms with Gasteiger partial charge in [-0.05, 0) is 31.0 Å². The lowest BCUT2D eigenvalue weighted by Gasteiger charge is -1.98. The third-order valence-corrected chi connectivity index (χ3v) is 3.27. The van der Waals surface area contributed by atoms with Crippen LogP contribution in [0.3, 0.4) is 0 Å². The molecule has 3 aromatic rings. The smallest absolute Gasteiger partial charge is 0.160 e. The maximum absolute atomic E-state index is 6.00. The van der Waals surface area contributed by atoms with Crippen molar-refractivity contribution >= 4 is 11.3 Å². The molecule has 0 spiro atoms. The summed E-state index contributed by atoms with van der Waals surface area (Å²) in [4.78, 5) is 4.61. The number of rotatable bonds is 2. The summed E-state index contributed by atoms with van der Waals surface area (Å²) in [6.45, 7) is 4.13. The van der Waals surface area contributed by atoms with E-state index < -0.39 is 0 Å². The Bertz CT molecular complexity index is 724. The van der Waals surface area contributed by atoms with Crippen LogP contribution >= 0.6 is 0 Å². The number of nitrogens with zero attached hydrogens (tertiary/aromatic N) is 2. The molecule has 0 bridgehead atoms. The highest BCUT2D eigenvalue weighted by atomic mass is 15.0. The maximum atomic E-state index is 6.00. The van der Waals surface area contributed by atoms with Crippen molar-refractivity contribution in [3.63, 3.8) is 0 Å². The van der Waals surface area contributed by atoms with Gasteiger partial charge in [0, 0.05) is 18.8 Å². The molecule has 96 valence electrons. The average Bonchev–Trinajstić information content (AvgIpc) is 2.75. The highest BCUT2D eigenvalue weighted by Crippen LogP contribution is 2.17. The summed E-state index contributed by atoms with van der Waals surface area (Å²) in [6.07, 6.45) is 4.94. The van der Waals surface area contributed by atoms with Gasteiger partial charge < -0.3 is 10.1 Å². The Balaban J connectivity index is 1.97. The standard InChI is InChI=1S/C16H17N3/c1-11-3-5-13(6-4-11)8-14-10-19-9-12(2)7-15(17)16(19)18-14/h3-7,9-10H,8,17H2,1-2H3. The van der Waals surface area contributed by atoms with Crippen LogP contribution in [0.2, 0.25) is 0 Å². The van der Waals surface area contributed by atoms with Crippen molar-refractivity contribution in [3.8, 4) is 0 Å². The first-order chi connectivity index (χ1) is 9.11. The number of anilines is 1. The molecule has 2 aromatic heterocycles. The molecule has 0 aliphatic rings. The van der Waals surface area contributed by atoms with E-state index in [0.29, 0.717) is 0 Å². The van der Waals surface area contributed by atoms with Crippen LogP contribution in [0.1, 0.15) is 22.4 Å². The number of nitrogen functional groups attached to an aromatic ring is 1. The third kappa shape index (κ3) is 2.32. The van der Waals surface area contributed by atoms with Gasteiger partial charge in [-0.25, -0.2) is 4.98 Å². The van der Waals surface area contributed by atoms with Crippen LogP contribution in [0, 0.1) is 13.8 Å². The van der Waals surface area contributed by atoms with E-state index in [1.165, 1.54) is 11.1 Å². The highest BCUT2D eigenvalue weighted by Gasteiger charge is 2.06. The zero-order valence-electron chi connectivity index (χ0n) is 11.2. The molecule has 3 rings (SSSR count). The third-order valence-electron chi connectivity index (χ3n) is 3.27. The van der Waals surface area contributed by atoms with Crippen LogP contribution in [0.4, 0.5) is 5.69 Å². The van der Waals surface area contributed by atoms with Gasteiger partial charge in [0.1, 0.15) is 0 Å². The van der Waals surface area contributed by atoms with Crippen LogP contribution < -0.4 is 5.73 Å². The van der Waals surface area contributed by atoms with Gasteiger partial charge >= 0.3 is 0 Å². The molecule has 2 heterocycles. The van der Waals surface area contributed by atoms with E-state index in [4.69, 9.17) is 5.73 Å². The van der Waals surface area contributed by atoms with E-state index in [9.17, 15) is 0 Å². The van der Waals surface area contributed by atoms with Gasteiger partial charge in [-0.2, -0.15) is 0 Å². The molecule has 2 N–H and O–H groups in total. The number of imidazole rings is 1. The molecule has 0 aliphatic heterocycles. The summed E-state index contributed by atoms with van der Waals surface area (Å²) in [5.41, 5.74) is 12.3. The van der Waals surface area contributed by atoms with Crippen LogP contribution in [-0.4, -0.2) is 9.38 Å². The predicted octanol–water partition coefficient (Wildman–Crippen LogP) is 3.12. The topological polar surface area (TPSA) is 43.3 Å². The number of pyridine rings is 1. The van der Waals surface area contributed by atoms with Crippen LogP contribution in [0.15, 0.2) is 42.7 Å². The zero-order chi connectivity index (χ0) is 13.4. The fourth-order valence-corrected chi connectivity index (χ4v) is 2.32. The molecule has 0 amide bonds. The second kappa shape index (κ2) is 4.43. The van der Waals surface area contributed by atoms with Gasteiger partial charge in [-0.3, -0.25) is 0 Å². The minimum absolute atomic E-state index is 0.732. The summed E-state index contributed by atoms with van der Waals surface area (Å²) >= 11 is 0. The quantitative estimate of drug-likeness (QED) is 0.760. The van der Waals surface area contributed by atoms with Gasteiger partial charge in [-0.15, -0.1) is 0 Å². The van der Waals surface area contributed by atoms with Crippen molar-refractivity contribution in [2.45, 2.75) is 20.3 Å². The van der Waals surface area contributed by atoms with Crippen molar-refractivity contribution in [3.05, 3.63) is 65.1 Å². The number of fused-ring (bicyclic) bond motifs is 1. The maximum Gasteiger partial charge on any atom is 0.160 e. The number of aryl methyl sites for hydroxylation is 2. The number of nitrogens with two attached hydrogens (primary N) is 1. The molecule has 0 saturated heterocycles. The molecular weight excluding hydrogens is 234 g/mol. The molecule has 3 heteroatoms. The summed E-state index contributed by atoms with van der Waals surface area (Å²) in [5.74, 6) is 0. The number of aromatic nitrogens is 2. The average molecular weight is 251 g/mol. The van der Waals surface area contributed by atoms with Gasteiger partial charge in [0.2, 0.25) is 0 Å². The molecule has 0 saturated carbocycles. The summed E-state index contributed by atoms with van der Waals surface area (Å²) in [7, 11) is 0. The van der Waals surface area contributed by atoms with Gasteiger partial charge in [0.05, 0.1) is 11.4 Å². The SMILES string of the molecule is Cc1ccc(Cc2cn3cc(C)cc(N)c3n2)cc1. The molecule has 0 unspecified atom stereocenters. The monoisotopic (exact) mass is 251 g/mol. The fraction of sp³-hybridized carbons (Fsp3) is 0.188. The Morgan fingerprint density at radius 2 is 1.79 bits per heavy atom. The van der Waals surface area contributed by atoms with Crippen LogP contribution in [0.5, 0.6) is 0 Å². The second-order valence-corrected chi connectivity index (χ2v) is 5.10. The lowest BCUT2D eigenvalue weighted by atomic mass is 10.1. The number of hydrogen-bond acceptors (Lipinski definition) is 2. The fourth-order valence-electron chi connectivity index (χ4n) is 2.32. The van der Waals surface area contributed by atoms with E-state index in [-0.39, 0.29) is 0 Å². The van der Waals surface area contributed by atoms with E-state index in [1.807, 2.05) is 17.4 Å².